The predicted octanol–water partition coefficient (Wildman–Crippen LogP) is -0.00170. The molecule has 3 N–H and O–H groups in total. The highest BCUT2D eigenvalue weighted by atomic mass is 32.2. The summed E-state index contributed by atoms with van der Waals surface area (Å²) < 4.78 is 0. The van der Waals surface area contributed by atoms with Gasteiger partial charge in [0.1, 0.15) is 6.04 Å². The highest BCUT2D eigenvalue weighted by molar-refractivity contribution is 7.98. The monoisotopic (exact) mass is 234 g/mol. The third-order valence-corrected chi connectivity index (χ3v) is 2.73. The van der Waals surface area contributed by atoms with Crippen molar-refractivity contribution in [2.75, 3.05) is 19.1 Å². The normalized spacial score (nSPS) is 14.4. The molecule has 0 radical (unpaired) electrons. The number of carbonyl (C=O) groups is 2. The van der Waals surface area contributed by atoms with E-state index in [1.807, 2.05) is 6.26 Å². The fraction of sp³-hybridized carbons (Fsp3) is 0.778. The minimum Gasteiger partial charge on any atom is -0.480 e. The molecule has 88 valence electrons. The van der Waals surface area contributed by atoms with E-state index in [0.717, 1.165) is 0 Å². The fourth-order valence-corrected chi connectivity index (χ4v) is 1.65. The number of nitrogens with two attached hydrogens (primary N) is 1. The van der Waals surface area contributed by atoms with Crippen molar-refractivity contribution >= 4 is 23.6 Å². The van der Waals surface area contributed by atoms with Gasteiger partial charge in [0.05, 0.1) is 6.04 Å². The molecule has 0 aliphatic rings. The first-order chi connectivity index (χ1) is 6.91. The molecule has 6 heteroatoms. The predicted molar refractivity (Wildman–Crippen MR) is 60.8 cm³/mol. The number of carboxylic acids is 1. The van der Waals surface area contributed by atoms with Crippen molar-refractivity contribution in [3.8, 4) is 0 Å². The second kappa shape index (κ2) is 6.68. The number of carboxylic acid groups (broad SMARTS) is 1. The average Bonchev–Trinajstić information content (AvgIpc) is 2.16. The fourth-order valence-electron chi connectivity index (χ4n) is 1.19. The number of hydrogen-bond acceptors (Lipinski definition) is 4. The Labute approximate surface area is 94.0 Å². The van der Waals surface area contributed by atoms with Gasteiger partial charge in [-0.1, -0.05) is 0 Å². The lowest BCUT2D eigenvalue weighted by atomic mass is 10.2. The molecule has 0 saturated carbocycles. The van der Waals surface area contributed by atoms with E-state index in [9.17, 15) is 9.59 Å². The van der Waals surface area contributed by atoms with Gasteiger partial charge < -0.3 is 15.7 Å². The summed E-state index contributed by atoms with van der Waals surface area (Å²) in [7, 11) is 1.48. The van der Waals surface area contributed by atoms with Crippen LogP contribution in [0, 0.1) is 0 Å². The van der Waals surface area contributed by atoms with E-state index in [1.54, 1.807) is 18.7 Å². The smallest absolute Gasteiger partial charge is 0.326 e. The van der Waals surface area contributed by atoms with Crippen LogP contribution < -0.4 is 5.73 Å². The topological polar surface area (TPSA) is 83.6 Å². The van der Waals surface area contributed by atoms with Crippen molar-refractivity contribution in [2.24, 2.45) is 5.73 Å². The molecule has 0 bridgehead atoms. The Morgan fingerprint density at radius 2 is 2.07 bits per heavy atom. The van der Waals surface area contributed by atoms with Gasteiger partial charge in [0.2, 0.25) is 5.91 Å². The number of thioether (sulfide) groups is 1. The standard InChI is InChI=1S/C9H18N2O3S/c1-6(10)8(12)11(2)7(9(13)14)4-5-15-3/h6-7H,4-5,10H2,1-3H3,(H,13,14)/t6-,7-/m0/s1. The van der Waals surface area contributed by atoms with Crippen molar-refractivity contribution in [3.63, 3.8) is 0 Å². The Balaban J connectivity index is 4.47. The van der Waals surface area contributed by atoms with Crippen LogP contribution in [0.4, 0.5) is 0 Å². The minimum absolute atomic E-state index is 0.344. The SMILES string of the molecule is CSCC[C@@H](C(=O)O)N(C)C(=O)[C@H](C)N. The molecule has 2 atom stereocenters. The van der Waals surface area contributed by atoms with Gasteiger partial charge in [-0.25, -0.2) is 4.79 Å². The lowest BCUT2D eigenvalue weighted by Crippen LogP contribution is -2.48. The number of carbonyl (C=O) groups excluding carboxylic acids is 1. The first kappa shape index (κ1) is 14.2. The van der Waals surface area contributed by atoms with Crippen molar-refractivity contribution in [1.29, 1.82) is 0 Å². The van der Waals surface area contributed by atoms with Crippen LogP contribution in [0.15, 0.2) is 0 Å². The van der Waals surface area contributed by atoms with Crippen molar-refractivity contribution in [3.05, 3.63) is 0 Å². The molecule has 0 aromatic carbocycles. The molecule has 0 aliphatic heterocycles. The first-order valence-corrected chi connectivity index (χ1v) is 6.05. The zero-order valence-electron chi connectivity index (χ0n) is 9.27. The van der Waals surface area contributed by atoms with Crippen molar-refractivity contribution in [2.45, 2.75) is 25.4 Å². The summed E-state index contributed by atoms with van der Waals surface area (Å²) in [5.74, 6) is -0.628. The zero-order valence-corrected chi connectivity index (χ0v) is 10.1. The lowest BCUT2D eigenvalue weighted by molar-refractivity contribution is -0.149. The highest BCUT2D eigenvalue weighted by Gasteiger charge is 2.27. The van der Waals surface area contributed by atoms with Gasteiger partial charge >= 0.3 is 5.97 Å². The van der Waals surface area contributed by atoms with Gasteiger partial charge in [-0.15, -0.1) is 0 Å². The summed E-state index contributed by atoms with van der Waals surface area (Å²) in [4.78, 5) is 23.6. The number of likely N-dealkylation sites (N-methyl/N-ethyl adjacent to an activating group) is 1. The first-order valence-electron chi connectivity index (χ1n) is 4.65. The number of rotatable bonds is 6. The maximum absolute atomic E-state index is 11.5. The highest BCUT2D eigenvalue weighted by Crippen LogP contribution is 2.08. The number of amides is 1. The summed E-state index contributed by atoms with van der Waals surface area (Å²) in [6.07, 6.45) is 2.33. The van der Waals surface area contributed by atoms with E-state index in [1.165, 1.54) is 11.9 Å². The Hall–Kier alpha value is -0.750. The van der Waals surface area contributed by atoms with E-state index < -0.39 is 18.1 Å². The molecule has 0 heterocycles. The van der Waals surface area contributed by atoms with Crippen molar-refractivity contribution < 1.29 is 14.7 Å². The van der Waals surface area contributed by atoms with Gasteiger partial charge in [0.25, 0.3) is 0 Å². The van der Waals surface area contributed by atoms with E-state index in [0.29, 0.717) is 12.2 Å². The van der Waals surface area contributed by atoms with E-state index in [4.69, 9.17) is 10.8 Å². The van der Waals surface area contributed by atoms with Gasteiger partial charge in [-0.05, 0) is 25.4 Å². The maximum Gasteiger partial charge on any atom is 0.326 e. The van der Waals surface area contributed by atoms with Crippen LogP contribution >= 0.6 is 11.8 Å². The van der Waals surface area contributed by atoms with Crippen LogP contribution in [-0.2, 0) is 9.59 Å². The third-order valence-electron chi connectivity index (χ3n) is 2.09. The molecule has 1 amide bonds. The maximum atomic E-state index is 11.5. The molecule has 0 rings (SSSR count). The van der Waals surface area contributed by atoms with Crippen LogP contribution in [0.1, 0.15) is 13.3 Å². The molecule has 0 aliphatic carbocycles. The zero-order chi connectivity index (χ0) is 12.0. The molecule has 15 heavy (non-hydrogen) atoms. The molecule has 0 saturated heterocycles. The Bertz CT molecular complexity index is 233. The molecule has 5 nitrogen and oxygen atoms in total. The average molecular weight is 234 g/mol. The molecule has 0 unspecified atom stereocenters. The minimum atomic E-state index is -0.986. The van der Waals surface area contributed by atoms with E-state index in [-0.39, 0.29) is 5.91 Å². The Kier molecular flexibility index (Phi) is 6.35. The van der Waals surface area contributed by atoms with Crippen molar-refractivity contribution in [1.82, 2.24) is 4.90 Å². The van der Waals surface area contributed by atoms with Crippen LogP contribution in [0.3, 0.4) is 0 Å². The number of hydrogen-bond donors (Lipinski definition) is 2. The summed E-state index contributed by atoms with van der Waals surface area (Å²) in [6, 6.07) is -1.44. The Morgan fingerprint density at radius 1 is 1.53 bits per heavy atom. The van der Waals surface area contributed by atoms with E-state index in [2.05, 4.69) is 0 Å². The van der Waals surface area contributed by atoms with Gasteiger partial charge in [-0.2, -0.15) is 11.8 Å². The second-order valence-corrected chi connectivity index (χ2v) is 4.36. The van der Waals surface area contributed by atoms with E-state index >= 15 is 0 Å². The molecular weight excluding hydrogens is 216 g/mol. The molecule has 0 fully saturated rings. The second-order valence-electron chi connectivity index (χ2n) is 3.37. The summed E-state index contributed by atoms with van der Waals surface area (Å²) in [6.45, 7) is 1.55. The quantitative estimate of drug-likeness (QED) is 0.676. The number of aliphatic carboxylic acids is 1. The largest absolute Gasteiger partial charge is 0.480 e. The lowest BCUT2D eigenvalue weighted by Gasteiger charge is -2.26. The van der Waals surface area contributed by atoms with Gasteiger partial charge in [-0.3, -0.25) is 4.79 Å². The molecule has 0 spiro atoms. The molecule has 0 aromatic heterocycles. The molecular formula is C9H18N2O3S. The Morgan fingerprint density at radius 3 is 2.40 bits per heavy atom. The van der Waals surface area contributed by atoms with Crippen LogP contribution in [-0.4, -0.2) is 53.0 Å². The van der Waals surface area contributed by atoms with Gasteiger partial charge in [0, 0.05) is 7.05 Å². The van der Waals surface area contributed by atoms with Crippen LogP contribution in [0.25, 0.3) is 0 Å². The summed E-state index contributed by atoms with van der Waals surface area (Å²) in [5, 5.41) is 8.96. The van der Waals surface area contributed by atoms with Crippen LogP contribution in [0.5, 0.6) is 0 Å². The van der Waals surface area contributed by atoms with Crippen LogP contribution in [0.2, 0.25) is 0 Å². The van der Waals surface area contributed by atoms with Gasteiger partial charge in [0.15, 0.2) is 0 Å². The number of nitrogens with zero attached hydrogens (tertiary/aromatic N) is 1. The molecule has 0 aromatic rings. The summed E-state index contributed by atoms with van der Waals surface area (Å²) >= 11 is 1.55. The summed E-state index contributed by atoms with van der Waals surface area (Å²) in [5.41, 5.74) is 5.41. The third kappa shape index (κ3) is 4.53.